The van der Waals surface area contributed by atoms with Gasteiger partial charge in [0.2, 0.25) is 0 Å². The molecule has 0 fully saturated rings. The third-order valence-electron chi connectivity index (χ3n) is 3.70. The van der Waals surface area contributed by atoms with Gasteiger partial charge in [0.15, 0.2) is 0 Å². The zero-order valence-corrected chi connectivity index (χ0v) is 11.6. The topological polar surface area (TPSA) is 20.2 Å². The van der Waals surface area contributed by atoms with E-state index in [0.29, 0.717) is 5.92 Å². The second kappa shape index (κ2) is 4.87. The van der Waals surface area contributed by atoms with E-state index >= 15 is 0 Å². The monoisotopic (exact) mass is 302 g/mol. The van der Waals surface area contributed by atoms with Crippen LogP contribution in [0.2, 0.25) is 0 Å². The lowest BCUT2D eigenvalue weighted by molar-refractivity contribution is 0.153. The van der Waals surface area contributed by atoms with Gasteiger partial charge < -0.3 is 5.11 Å². The molecule has 1 aliphatic carbocycles. The van der Waals surface area contributed by atoms with Gasteiger partial charge in [-0.1, -0.05) is 52.3 Å². The van der Waals surface area contributed by atoms with Crippen LogP contribution in [-0.4, -0.2) is 5.11 Å². The fourth-order valence-corrected chi connectivity index (χ4v) is 3.11. The highest BCUT2D eigenvalue weighted by atomic mass is 79.9. The van der Waals surface area contributed by atoms with Crippen LogP contribution in [0.25, 0.3) is 0 Å². The fourth-order valence-electron chi connectivity index (χ4n) is 2.69. The number of halogens is 1. The second-order valence-electron chi connectivity index (χ2n) is 4.91. The number of hydrogen-bond donors (Lipinski definition) is 1. The number of fused-ring (bicyclic) bond motifs is 1. The Bertz CT molecular complexity index is 565. The average molecular weight is 303 g/mol. The smallest absolute Gasteiger partial charge is 0.0796 e. The van der Waals surface area contributed by atoms with Crippen LogP contribution in [0.5, 0.6) is 0 Å². The third-order valence-corrected chi connectivity index (χ3v) is 4.20. The first kappa shape index (κ1) is 11.9. The van der Waals surface area contributed by atoms with Gasteiger partial charge in [-0.3, -0.25) is 0 Å². The molecule has 0 aromatic heterocycles. The molecule has 0 aliphatic heterocycles. The van der Waals surface area contributed by atoms with Crippen LogP contribution >= 0.6 is 15.9 Å². The zero-order chi connectivity index (χ0) is 12.5. The molecule has 2 unspecified atom stereocenters. The largest absolute Gasteiger partial charge is 0.388 e. The third kappa shape index (κ3) is 2.23. The summed E-state index contributed by atoms with van der Waals surface area (Å²) in [4.78, 5) is 0. The molecular formula is C16H15BrO. The molecular weight excluding hydrogens is 288 g/mol. The van der Waals surface area contributed by atoms with Crippen molar-refractivity contribution in [1.82, 2.24) is 0 Å². The maximum atomic E-state index is 10.3. The summed E-state index contributed by atoms with van der Waals surface area (Å²) in [6, 6.07) is 16.5. The van der Waals surface area contributed by atoms with Crippen molar-refractivity contribution in [2.45, 2.75) is 24.9 Å². The van der Waals surface area contributed by atoms with Crippen molar-refractivity contribution in [2.24, 2.45) is 0 Å². The predicted molar refractivity (Wildman–Crippen MR) is 76.6 cm³/mol. The number of aliphatic hydroxyl groups is 1. The van der Waals surface area contributed by atoms with Crippen LogP contribution in [0, 0.1) is 0 Å². The van der Waals surface area contributed by atoms with Crippen molar-refractivity contribution >= 4 is 15.9 Å². The normalized spacial score (nSPS) is 18.9. The van der Waals surface area contributed by atoms with Gasteiger partial charge in [-0.05, 0) is 47.6 Å². The average Bonchev–Trinajstić information content (AvgIpc) is 2.36. The van der Waals surface area contributed by atoms with Gasteiger partial charge in [0, 0.05) is 4.47 Å². The molecule has 18 heavy (non-hydrogen) atoms. The minimum Gasteiger partial charge on any atom is -0.388 e. The molecule has 0 radical (unpaired) electrons. The van der Waals surface area contributed by atoms with E-state index in [0.717, 1.165) is 22.9 Å². The van der Waals surface area contributed by atoms with E-state index in [1.807, 2.05) is 24.3 Å². The van der Waals surface area contributed by atoms with Crippen LogP contribution in [-0.2, 0) is 6.42 Å². The standard InChI is InChI=1S/C16H15BrO/c17-14-6-3-5-12(9-14)16(18)10-13-8-11-4-1-2-7-15(11)13/h1-7,9,13,16,18H,8,10H2. The zero-order valence-electron chi connectivity index (χ0n) is 10.0. The maximum Gasteiger partial charge on any atom is 0.0796 e. The van der Waals surface area contributed by atoms with Crippen molar-refractivity contribution in [3.8, 4) is 0 Å². The molecule has 1 aliphatic rings. The Morgan fingerprint density at radius 3 is 2.78 bits per heavy atom. The highest BCUT2D eigenvalue weighted by Gasteiger charge is 2.27. The Kier molecular flexibility index (Phi) is 3.23. The van der Waals surface area contributed by atoms with E-state index in [9.17, 15) is 5.11 Å². The molecule has 2 aromatic carbocycles. The summed E-state index contributed by atoms with van der Waals surface area (Å²) >= 11 is 3.44. The summed E-state index contributed by atoms with van der Waals surface area (Å²) in [5, 5.41) is 10.3. The SMILES string of the molecule is OC(CC1Cc2ccccc21)c1cccc(Br)c1. The van der Waals surface area contributed by atoms with Crippen molar-refractivity contribution in [3.05, 3.63) is 69.7 Å². The molecule has 1 nitrogen and oxygen atoms in total. The lowest BCUT2D eigenvalue weighted by Gasteiger charge is -2.31. The van der Waals surface area contributed by atoms with Gasteiger partial charge in [0.05, 0.1) is 6.10 Å². The first-order chi connectivity index (χ1) is 8.74. The molecule has 92 valence electrons. The molecule has 0 spiro atoms. The Hall–Kier alpha value is -1.12. The fraction of sp³-hybridized carbons (Fsp3) is 0.250. The first-order valence-corrected chi connectivity index (χ1v) is 7.04. The van der Waals surface area contributed by atoms with Gasteiger partial charge in [-0.2, -0.15) is 0 Å². The Morgan fingerprint density at radius 1 is 1.17 bits per heavy atom. The lowest BCUT2D eigenvalue weighted by Crippen LogP contribution is -2.19. The Labute approximate surface area is 116 Å². The van der Waals surface area contributed by atoms with Crippen molar-refractivity contribution in [3.63, 3.8) is 0 Å². The Morgan fingerprint density at radius 2 is 2.00 bits per heavy atom. The molecule has 0 bridgehead atoms. The van der Waals surface area contributed by atoms with E-state index in [1.165, 1.54) is 11.1 Å². The minimum absolute atomic E-state index is 0.374. The van der Waals surface area contributed by atoms with E-state index in [4.69, 9.17) is 0 Å². The van der Waals surface area contributed by atoms with Gasteiger partial charge in [0.1, 0.15) is 0 Å². The van der Waals surface area contributed by atoms with Gasteiger partial charge in [-0.15, -0.1) is 0 Å². The van der Waals surface area contributed by atoms with E-state index in [-0.39, 0.29) is 6.10 Å². The molecule has 0 saturated heterocycles. The molecule has 2 aromatic rings. The molecule has 0 saturated carbocycles. The van der Waals surface area contributed by atoms with Crippen molar-refractivity contribution in [1.29, 1.82) is 0 Å². The quantitative estimate of drug-likeness (QED) is 0.900. The van der Waals surface area contributed by atoms with Crippen LogP contribution in [0.3, 0.4) is 0 Å². The molecule has 0 heterocycles. The van der Waals surface area contributed by atoms with Crippen LogP contribution in [0.4, 0.5) is 0 Å². The lowest BCUT2D eigenvalue weighted by atomic mass is 9.74. The summed E-state index contributed by atoms with van der Waals surface area (Å²) in [7, 11) is 0. The molecule has 0 amide bonds. The maximum absolute atomic E-state index is 10.3. The van der Waals surface area contributed by atoms with Gasteiger partial charge in [0.25, 0.3) is 0 Å². The van der Waals surface area contributed by atoms with Gasteiger partial charge >= 0.3 is 0 Å². The molecule has 2 atom stereocenters. The molecule has 2 heteroatoms. The summed E-state index contributed by atoms with van der Waals surface area (Å²) in [5.74, 6) is 0.509. The summed E-state index contributed by atoms with van der Waals surface area (Å²) in [6.45, 7) is 0. The highest BCUT2D eigenvalue weighted by Crippen LogP contribution is 2.40. The first-order valence-electron chi connectivity index (χ1n) is 6.25. The van der Waals surface area contributed by atoms with Crippen molar-refractivity contribution in [2.75, 3.05) is 0 Å². The van der Waals surface area contributed by atoms with E-state index in [2.05, 4.69) is 40.2 Å². The number of benzene rings is 2. The van der Waals surface area contributed by atoms with E-state index in [1.54, 1.807) is 0 Å². The highest BCUT2D eigenvalue weighted by molar-refractivity contribution is 9.10. The summed E-state index contributed by atoms with van der Waals surface area (Å²) in [6.07, 6.45) is 1.54. The van der Waals surface area contributed by atoms with E-state index < -0.39 is 0 Å². The predicted octanol–water partition coefficient (Wildman–Crippen LogP) is 4.21. The van der Waals surface area contributed by atoms with Crippen LogP contribution in [0.1, 0.15) is 35.1 Å². The summed E-state index contributed by atoms with van der Waals surface area (Å²) in [5.41, 5.74) is 3.84. The van der Waals surface area contributed by atoms with Crippen LogP contribution < -0.4 is 0 Å². The number of rotatable bonds is 3. The second-order valence-corrected chi connectivity index (χ2v) is 5.82. The number of hydrogen-bond acceptors (Lipinski definition) is 1. The number of aliphatic hydroxyl groups excluding tert-OH is 1. The van der Waals surface area contributed by atoms with Crippen molar-refractivity contribution < 1.29 is 5.11 Å². The van der Waals surface area contributed by atoms with Gasteiger partial charge in [-0.25, -0.2) is 0 Å². The molecule has 1 N–H and O–H groups in total. The minimum atomic E-state index is -0.374. The Balaban J connectivity index is 1.72. The summed E-state index contributed by atoms with van der Waals surface area (Å²) < 4.78 is 1.02. The van der Waals surface area contributed by atoms with Crippen LogP contribution in [0.15, 0.2) is 53.0 Å². The molecule has 3 rings (SSSR count).